The standard InChI is InChI=1S/C8H16N2O3/c1-13-8(12)4-6-10-7(11)3-2-5-9/h2-6,9H2,1H3,(H,10,11). The van der Waals surface area contributed by atoms with Crippen LogP contribution in [0, 0.1) is 0 Å². The summed E-state index contributed by atoms with van der Waals surface area (Å²) in [6.07, 6.45) is 1.30. The molecule has 0 fully saturated rings. The highest BCUT2D eigenvalue weighted by Crippen LogP contribution is 1.86. The normalized spacial score (nSPS) is 9.38. The number of ether oxygens (including phenoxy) is 1. The Morgan fingerprint density at radius 1 is 1.38 bits per heavy atom. The topological polar surface area (TPSA) is 81.4 Å². The van der Waals surface area contributed by atoms with Crippen LogP contribution in [0.4, 0.5) is 0 Å². The lowest BCUT2D eigenvalue weighted by Gasteiger charge is -2.02. The van der Waals surface area contributed by atoms with Crippen molar-refractivity contribution in [3.05, 3.63) is 0 Å². The largest absolute Gasteiger partial charge is 0.469 e. The second kappa shape index (κ2) is 7.54. The van der Waals surface area contributed by atoms with Crippen molar-refractivity contribution in [3.8, 4) is 0 Å². The summed E-state index contributed by atoms with van der Waals surface area (Å²) in [5.41, 5.74) is 5.22. The molecule has 0 rings (SSSR count). The average Bonchev–Trinajstić information content (AvgIpc) is 2.14. The summed E-state index contributed by atoms with van der Waals surface area (Å²) in [7, 11) is 1.32. The van der Waals surface area contributed by atoms with Crippen molar-refractivity contribution in [3.63, 3.8) is 0 Å². The molecule has 0 radical (unpaired) electrons. The Bertz CT molecular complexity index is 171. The van der Waals surface area contributed by atoms with Crippen molar-refractivity contribution in [1.82, 2.24) is 5.32 Å². The van der Waals surface area contributed by atoms with Crippen LogP contribution in [-0.2, 0) is 14.3 Å². The molecule has 0 aromatic carbocycles. The van der Waals surface area contributed by atoms with Gasteiger partial charge in [-0.05, 0) is 13.0 Å². The molecule has 0 bridgehead atoms. The molecular formula is C8H16N2O3. The summed E-state index contributed by atoms with van der Waals surface area (Å²) in [6, 6.07) is 0. The Balaban J connectivity index is 3.31. The van der Waals surface area contributed by atoms with Gasteiger partial charge in [-0.3, -0.25) is 9.59 Å². The van der Waals surface area contributed by atoms with Gasteiger partial charge in [-0.25, -0.2) is 0 Å². The van der Waals surface area contributed by atoms with Crippen LogP contribution in [0.3, 0.4) is 0 Å². The van der Waals surface area contributed by atoms with Crippen LogP contribution in [0.15, 0.2) is 0 Å². The molecule has 1 amide bonds. The highest BCUT2D eigenvalue weighted by Gasteiger charge is 2.02. The van der Waals surface area contributed by atoms with Gasteiger partial charge in [-0.1, -0.05) is 0 Å². The Labute approximate surface area is 77.6 Å². The van der Waals surface area contributed by atoms with Crippen LogP contribution in [0.2, 0.25) is 0 Å². The van der Waals surface area contributed by atoms with E-state index in [1.54, 1.807) is 0 Å². The predicted octanol–water partition coefficient (Wildman–Crippen LogP) is -0.595. The molecule has 3 N–H and O–H groups in total. The first-order valence-corrected chi connectivity index (χ1v) is 4.24. The molecule has 76 valence electrons. The van der Waals surface area contributed by atoms with Gasteiger partial charge < -0.3 is 15.8 Å². The number of hydrogen-bond donors (Lipinski definition) is 2. The van der Waals surface area contributed by atoms with Crippen molar-refractivity contribution in [1.29, 1.82) is 0 Å². The minimum absolute atomic E-state index is 0.0747. The number of carbonyl (C=O) groups excluding carboxylic acids is 2. The molecule has 0 aromatic heterocycles. The van der Waals surface area contributed by atoms with Gasteiger partial charge in [0, 0.05) is 13.0 Å². The van der Waals surface area contributed by atoms with E-state index < -0.39 is 0 Å². The fraction of sp³-hybridized carbons (Fsp3) is 0.750. The second-order valence-corrected chi connectivity index (χ2v) is 2.57. The smallest absolute Gasteiger partial charge is 0.307 e. The molecule has 0 aromatic rings. The molecule has 0 aliphatic carbocycles. The number of amides is 1. The van der Waals surface area contributed by atoms with Crippen LogP contribution in [-0.4, -0.2) is 32.1 Å². The molecular weight excluding hydrogens is 172 g/mol. The number of nitrogens with two attached hydrogens (primary N) is 1. The zero-order chi connectivity index (χ0) is 10.1. The first-order chi connectivity index (χ1) is 6.20. The minimum atomic E-state index is -0.320. The quantitative estimate of drug-likeness (QED) is 0.545. The van der Waals surface area contributed by atoms with E-state index in [0.717, 1.165) is 0 Å². The molecule has 0 aliphatic rings. The monoisotopic (exact) mass is 188 g/mol. The fourth-order valence-corrected chi connectivity index (χ4v) is 0.757. The van der Waals surface area contributed by atoms with Crippen LogP contribution in [0.5, 0.6) is 0 Å². The number of methoxy groups -OCH3 is 1. The van der Waals surface area contributed by atoms with Gasteiger partial charge in [0.15, 0.2) is 0 Å². The molecule has 5 nitrogen and oxygen atoms in total. The van der Waals surface area contributed by atoms with Crippen molar-refractivity contribution < 1.29 is 14.3 Å². The van der Waals surface area contributed by atoms with Gasteiger partial charge in [0.1, 0.15) is 0 Å². The number of hydrogen-bond acceptors (Lipinski definition) is 4. The first kappa shape index (κ1) is 11.9. The number of rotatable bonds is 6. The van der Waals surface area contributed by atoms with Crippen LogP contribution in [0.25, 0.3) is 0 Å². The zero-order valence-corrected chi connectivity index (χ0v) is 7.84. The third-order valence-corrected chi connectivity index (χ3v) is 1.49. The van der Waals surface area contributed by atoms with E-state index in [1.807, 2.05) is 0 Å². The van der Waals surface area contributed by atoms with Gasteiger partial charge in [-0.15, -0.1) is 0 Å². The minimum Gasteiger partial charge on any atom is -0.469 e. The summed E-state index contributed by atoms with van der Waals surface area (Å²) in [5.74, 6) is -0.395. The van der Waals surface area contributed by atoms with Gasteiger partial charge in [-0.2, -0.15) is 0 Å². The molecule has 0 spiro atoms. The maximum atomic E-state index is 11.0. The number of nitrogens with one attached hydrogen (secondary N) is 1. The van der Waals surface area contributed by atoms with Gasteiger partial charge in [0.2, 0.25) is 5.91 Å². The van der Waals surface area contributed by atoms with E-state index in [4.69, 9.17) is 5.73 Å². The Morgan fingerprint density at radius 2 is 2.08 bits per heavy atom. The number of esters is 1. The Morgan fingerprint density at radius 3 is 2.62 bits per heavy atom. The third-order valence-electron chi connectivity index (χ3n) is 1.49. The lowest BCUT2D eigenvalue weighted by molar-refractivity contribution is -0.140. The maximum absolute atomic E-state index is 11.0. The van der Waals surface area contributed by atoms with E-state index >= 15 is 0 Å². The van der Waals surface area contributed by atoms with E-state index in [0.29, 0.717) is 25.9 Å². The predicted molar refractivity (Wildman–Crippen MR) is 47.9 cm³/mol. The van der Waals surface area contributed by atoms with Gasteiger partial charge >= 0.3 is 5.97 Å². The zero-order valence-electron chi connectivity index (χ0n) is 7.84. The lowest BCUT2D eigenvalue weighted by atomic mass is 10.3. The highest BCUT2D eigenvalue weighted by atomic mass is 16.5. The molecule has 0 saturated carbocycles. The van der Waals surface area contributed by atoms with Crippen LogP contribution in [0.1, 0.15) is 19.3 Å². The molecule has 0 aliphatic heterocycles. The first-order valence-electron chi connectivity index (χ1n) is 4.24. The summed E-state index contributed by atoms with van der Waals surface area (Å²) in [6.45, 7) is 0.834. The third kappa shape index (κ3) is 7.27. The summed E-state index contributed by atoms with van der Waals surface area (Å²) in [4.78, 5) is 21.6. The van der Waals surface area contributed by atoms with Crippen molar-refractivity contribution in [2.45, 2.75) is 19.3 Å². The number of carbonyl (C=O) groups is 2. The Kier molecular flexibility index (Phi) is 6.91. The molecule has 13 heavy (non-hydrogen) atoms. The fourth-order valence-electron chi connectivity index (χ4n) is 0.757. The summed E-state index contributed by atoms with van der Waals surface area (Å²) >= 11 is 0. The summed E-state index contributed by atoms with van der Waals surface area (Å²) in [5, 5.41) is 2.59. The van der Waals surface area contributed by atoms with Crippen molar-refractivity contribution in [2.24, 2.45) is 5.73 Å². The van der Waals surface area contributed by atoms with Crippen LogP contribution < -0.4 is 11.1 Å². The van der Waals surface area contributed by atoms with E-state index in [-0.39, 0.29) is 18.3 Å². The summed E-state index contributed by atoms with van der Waals surface area (Å²) < 4.78 is 4.40. The van der Waals surface area contributed by atoms with Crippen molar-refractivity contribution >= 4 is 11.9 Å². The molecule has 5 heteroatoms. The SMILES string of the molecule is COC(=O)CCNC(=O)CCCN. The van der Waals surface area contributed by atoms with Gasteiger partial charge in [0.25, 0.3) is 0 Å². The second-order valence-electron chi connectivity index (χ2n) is 2.57. The van der Waals surface area contributed by atoms with Crippen molar-refractivity contribution in [2.75, 3.05) is 20.2 Å². The average molecular weight is 188 g/mol. The van der Waals surface area contributed by atoms with E-state index in [2.05, 4.69) is 10.1 Å². The lowest BCUT2D eigenvalue weighted by Crippen LogP contribution is -2.26. The Hall–Kier alpha value is -1.10. The molecule has 0 saturated heterocycles. The molecule has 0 heterocycles. The van der Waals surface area contributed by atoms with E-state index in [1.165, 1.54) is 7.11 Å². The molecule has 0 unspecified atom stereocenters. The molecule has 0 atom stereocenters. The highest BCUT2D eigenvalue weighted by molar-refractivity contribution is 5.76. The van der Waals surface area contributed by atoms with Gasteiger partial charge in [0.05, 0.1) is 13.5 Å². The van der Waals surface area contributed by atoms with Crippen LogP contribution >= 0.6 is 0 Å². The maximum Gasteiger partial charge on any atom is 0.307 e. The van der Waals surface area contributed by atoms with E-state index in [9.17, 15) is 9.59 Å².